The number of hydrogen-bond donors (Lipinski definition) is 1. The van der Waals surface area contributed by atoms with Crippen molar-refractivity contribution < 1.29 is 23.3 Å². The Morgan fingerprint density at radius 3 is 2.64 bits per heavy atom. The lowest BCUT2D eigenvalue weighted by Gasteiger charge is -2.51. The fraction of sp³-hybridized carbons (Fsp3) is 0.640. The van der Waals surface area contributed by atoms with E-state index in [2.05, 4.69) is 21.9 Å². The maximum atomic E-state index is 13.8. The van der Waals surface area contributed by atoms with Crippen LogP contribution in [0.2, 0.25) is 0 Å². The van der Waals surface area contributed by atoms with Crippen molar-refractivity contribution in [1.82, 2.24) is 5.16 Å². The Morgan fingerprint density at radius 2 is 2.00 bits per heavy atom. The molecule has 178 valence electrons. The molecule has 0 spiro atoms. The number of rotatable bonds is 6. The highest BCUT2D eigenvalue weighted by Crippen LogP contribution is 2.43. The molecule has 3 saturated heterocycles. The summed E-state index contributed by atoms with van der Waals surface area (Å²) in [5.41, 5.74) is -0.496. The Balaban J connectivity index is 1.28. The number of esters is 1. The number of thiophene rings is 1. The topological polar surface area (TPSA) is 81.4 Å². The number of hydrogen-bond acceptors (Lipinski definition) is 6. The van der Waals surface area contributed by atoms with Gasteiger partial charge in [-0.15, -0.1) is 11.3 Å². The normalized spacial score (nSPS) is 28.8. The zero-order valence-electron chi connectivity index (χ0n) is 19.4. The highest BCUT2D eigenvalue weighted by molar-refractivity contribution is 7.10. The molecule has 1 atom stereocenters. The number of nitrogens with one attached hydrogen (secondary N) is 1. The smallest absolute Gasteiger partial charge is 0.317 e. The van der Waals surface area contributed by atoms with Gasteiger partial charge in [-0.25, -0.2) is 0 Å². The minimum absolute atomic E-state index is 0.0359. The van der Waals surface area contributed by atoms with Gasteiger partial charge in [0.05, 0.1) is 13.1 Å². The molecule has 3 aliphatic heterocycles. The van der Waals surface area contributed by atoms with Crippen LogP contribution < -0.4 is 5.32 Å². The third-order valence-electron chi connectivity index (χ3n) is 8.02. The van der Waals surface area contributed by atoms with Crippen molar-refractivity contribution in [2.24, 2.45) is 5.92 Å². The highest BCUT2D eigenvalue weighted by atomic mass is 32.1. The maximum absolute atomic E-state index is 13.8. The molecule has 5 heterocycles. The van der Waals surface area contributed by atoms with E-state index in [-0.39, 0.29) is 18.0 Å². The van der Waals surface area contributed by atoms with Gasteiger partial charge >= 0.3 is 5.97 Å². The average molecular weight is 473 g/mol. The molecule has 0 aromatic carbocycles. The highest BCUT2D eigenvalue weighted by Gasteiger charge is 2.51. The molecule has 33 heavy (non-hydrogen) atoms. The second-order valence-corrected chi connectivity index (χ2v) is 11.2. The van der Waals surface area contributed by atoms with Crippen LogP contribution >= 0.6 is 11.3 Å². The quantitative estimate of drug-likeness (QED) is 0.382. The fourth-order valence-corrected chi connectivity index (χ4v) is 7.15. The Bertz CT molecular complexity index is 970. The predicted molar refractivity (Wildman–Crippen MR) is 126 cm³/mol. The van der Waals surface area contributed by atoms with E-state index < -0.39 is 5.41 Å². The third-order valence-corrected chi connectivity index (χ3v) is 9.09. The maximum Gasteiger partial charge on any atom is 0.317 e. The van der Waals surface area contributed by atoms with E-state index in [1.807, 2.05) is 6.07 Å². The number of anilines is 1. The van der Waals surface area contributed by atoms with E-state index in [9.17, 15) is 9.59 Å². The molecule has 4 fully saturated rings. The van der Waals surface area contributed by atoms with Crippen molar-refractivity contribution in [2.45, 2.75) is 69.8 Å². The molecule has 4 aliphatic rings. The third kappa shape index (κ3) is 4.60. The van der Waals surface area contributed by atoms with E-state index in [0.29, 0.717) is 28.5 Å². The van der Waals surface area contributed by atoms with Crippen LogP contribution in [0.25, 0.3) is 0 Å². The van der Waals surface area contributed by atoms with Gasteiger partial charge in [0.2, 0.25) is 0 Å². The number of nitrogens with zero attached hydrogens (tertiary/aromatic N) is 2. The molecule has 2 aromatic rings. The summed E-state index contributed by atoms with van der Waals surface area (Å²) in [5, 5.41) is 8.80. The lowest BCUT2D eigenvalue weighted by molar-refractivity contribution is -0.939. The molecule has 8 heteroatoms. The van der Waals surface area contributed by atoms with Crippen LogP contribution in [0.15, 0.2) is 28.1 Å². The first-order valence-corrected chi connectivity index (χ1v) is 13.2. The lowest BCUT2D eigenvalue weighted by atomic mass is 9.78. The van der Waals surface area contributed by atoms with Crippen LogP contribution in [0.1, 0.15) is 62.0 Å². The second kappa shape index (κ2) is 9.22. The minimum Gasteiger partial charge on any atom is -0.455 e. The fourth-order valence-electron chi connectivity index (χ4n) is 6.17. The van der Waals surface area contributed by atoms with Crippen LogP contribution in [0, 0.1) is 12.8 Å². The van der Waals surface area contributed by atoms with Gasteiger partial charge in [-0.1, -0.05) is 36.9 Å². The van der Waals surface area contributed by atoms with E-state index in [1.54, 1.807) is 24.3 Å². The summed E-state index contributed by atoms with van der Waals surface area (Å²) in [6.45, 7) is 4.82. The van der Waals surface area contributed by atoms with E-state index >= 15 is 0 Å². The molecule has 0 radical (unpaired) electrons. The van der Waals surface area contributed by atoms with E-state index in [0.717, 1.165) is 63.0 Å². The predicted octanol–water partition coefficient (Wildman–Crippen LogP) is 4.43. The Hall–Kier alpha value is -2.19. The van der Waals surface area contributed by atoms with Gasteiger partial charge in [0, 0.05) is 29.7 Å². The number of fused-ring (bicyclic) bond motifs is 3. The number of carbonyl (C=O) groups excluding carboxylic acids is 2. The summed E-state index contributed by atoms with van der Waals surface area (Å²) in [5.74, 6) is 1.43. The number of ether oxygens (including phenoxy) is 1. The van der Waals surface area contributed by atoms with E-state index in [4.69, 9.17) is 9.26 Å². The average Bonchev–Trinajstić information content (AvgIpc) is 3.41. The molecule has 2 aromatic heterocycles. The number of amides is 1. The van der Waals surface area contributed by atoms with Gasteiger partial charge in [0.25, 0.3) is 5.91 Å². The van der Waals surface area contributed by atoms with Gasteiger partial charge in [-0.2, -0.15) is 0 Å². The van der Waals surface area contributed by atoms with Gasteiger partial charge in [-0.05, 0) is 31.2 Å². The summed E-state index contributed by atoms with van der Waals surface area (Å²) in [4.78, 5) is 27.7. The zero-order chi connectivity index (χ0) is 22.9. The minimum atomic E-state index is -0.496. The molecule has 1 N–H and O–H groups in total. The molecular formula is C25H34N3O4S+. The Morgan fingerprint density at radius 1 is 1.24 bits per heavy atom. The number of carbonyl (C=O) groups is 2. The Labute approximate surface area is 199 Å². The molecule has 1 aliphatic carbocycles. The zero-order valence-corrected chi connectivity index (χ0v) is 20.2. The number of quaternary nitrogens is 1. The lowest BCUT2D eigenvalue weighted by Crippen LogP contribution is -2.66. The molecule has 6 rings (SSSR count). The molecule has 7 nitrogen and oxygen atoms in total. The molecular weight excluding hydrogens is 438 g/mol. The number of piperidine rings is 3. The molecule has 1 unspecified atom stereocenters. The largest absolute Gasteiger partial charge is 0.455 e. The summed E-state index contributed by atoms with van der Waals surface area (Å²) in [6, 6.07) is 5.88. The van der Waals surface area contributed by atoms with Crippen molar-refractivity contribution in [1.29, 1.82) is 0 Å². The first-order chi connectivity index (χ1) is 16.0. The van der Waals surface area contributed by atoms with Gasteiger partial charge < -0.3 is 19.1 Å². The van der Waals surface area contributed by atoms with Gasteiger partial charge in [0.15, 0.2) is 18.5 Å². The van der Waals surface area contributed by atoms with Crippen LogP contribution in [-0.4, -0.2) is 53.8 Å². The molecule has 2 bridgehead atoms. The van der Waals surface area contributed by atoms with Gasteiger partial charge in [-0.3, -0.25) is 9.59 Å². The van der Waals surface area contributed by atoms with Crippen LogP contribution in [0.3, 0.4) is 0 Å². The van der Waals surface area contributed by atoms with Crippen molar-refractivity contribution in [2.75, 3.05) is 31.5 Å². The summed E-state index contributed by atoms with van der Waals surface area (Å²) < 4.78 is 12.1. The standard InChI is InChI=1S/C25H33N3O4S/c1-18-15-22(27-32-18)26-23(29)17-28-12-8-19(9-13-28)20(16-28)31-24(30)25(21-7-6-14-33-21)10-4-2-3-5-11-25/h6-7,14-15,19-20H,2-5,8-13,16-17H2,1H3/p+1. The molecule has 1 saturated carbocycles. The summed E-state index contributed by atoms with van der Waals surface area (Å²) in [6.07, 6.45) is 8.17. The van der Waals surface area contributed by atoms with Crippen LogP contribution in [-0.2, 0) is 19.7 Å². The van der Waals surface area contributed by atoms with Crippen molar-refractivity contribution in [3.05, 3.63) is 34.2 Å². The second-order valence-electron chi connectivity index (χ2n) is 10.3. The molecule has 1 amide bonds. The first-order valence-electron chi connectivity index (χ1n) is 12.3. The van der Waals surface area contributed by atoms with Crippen molar-refractivity contribution in [3.63, 3.8) is 0 Å². The van der Waals surface area contributed by atoms with Crippen LogP contribution in [0.5, 0.6) is 0 Å². The summed E-state index contributed by atoms with van der Waals surface area (Å²) >= 11 is 1.68. The first kappa shape index (κ1) is 22.6. The summed E-state index contributed by atoms with van der Waals surface area (Å²) in [7, 11) is 0. The van der Waals surface area contributed by atoms with Crippen molar-refractivity contribution in [3.8, 4) is 0 Å². The van der Waals surface area contributed by atoms with Gasteiger partial charge in [0.1, 0.15) is 17.7 Å². The van der Waals surface area contributed by atoms with E-state index in [1.165, 1.54) is 12.8 Å². The Kier molecular flexibility index (Phi) is 6.31. The number of aromatic nitrogens is 1. The SMILES string of the molecule is Cc1cc(NC(=O)C[N+]23CCC(CC2)C(OC(=O)C2(c4cccs4)CCCCCC2)C3)no1. The number of aryl methyl sites for hydroxylation is 1. The monoisotopic (exact) mass is 472 g/mol. The van der Waals surface area contributed by atoms with Crippen LogP contribution in [0.4, 0.5) is 5.82 Å². The van der Waals surface area contributed by atoms with Crippen molar-refractivity contribution >= 4 is 29.0 Å².